The van der Waals surface area contributed by atoms with Crippen molar-refractivity contribution in [3.05, 3.63) is 139 Å². The van der Waals surface area contributed by atoms with Gasteiger partial charge in [0.15, 0.2) is 0 Å². The summed E-state index contributed by atoms with van der Waals surface area (Å²) in [6.07, 6.45) is 1.53. The lowest BCUT2D eigenvalue weighted by Gasteiger charge is -2.14. The molecule has 3 aromatic heterocycles. The summed E-state index contributed by atoms with van der Waals surface area (Å²) in [5.74, 6) is 0. The molecule has 42 heavy (non-hydrogen) atoms. The Morgan fingerprint density at radius 1 is 0.524 bits per heavy atom. The quantitative estimate of drug-likeness (QED) is 0.227. The SMILES string of the molecule is N#Cc1cnc(-c2ccccc2-n2c3ccccc3c3cc4c(cc32)c2ccccc2n4-c2ccccc2)c(C#N)c1. The Morgan fingerprint density at radius 3 is 1.81 bits per heavy atom. The van der Waals surface area contributed by atoms with E-state index in [-0.39, 0.29) is 0 Å². The fourth-order valence-corrected chi connectivity index (χ4v) is 6.24. The average Bonchev–Trinajstić information content (AvgIpc) is 3.56. The van der Waals surface area contributed by atoms with Crippen molar-refractivity contribution < 1.29 is 0 Å². The van der Waals surface area contributed by atoms with Crippen LogP contribution in [-0.4, -0.2) is 14.1 Å². The van der Waals surface area contributed by atoms with Crippen LogP contribution in [-0.2, 0) is 0 Å². The number of nitriles is 2. The van der Waals surface area contributed by atoms with E-state index in [1.165, 1.54) is 11.6 Å². The molecule has 5 aromatic carbocycles. The van der Waals surface area contributed by atoms with E-state index in [1.807, 2.05) is 24.3 Å². The second kappa shape index (κ2) is 9.20. The lowest BCUT2D eigenvalue weighted by Crippen LogP contribution is -2.00. The van der Waals surface area contributed by atoms with Crippen LogP contribution < -0.4 is 0 Å². The van der Waals surface area contributed by atoms with Gasteiger partial charge in [0.25, 0.3) is 0 Å². The summed E-state index contributed by atoms with van der Waals surface area (Å²) in [5, 5.41) is 24.0. The van der Waals surface area contributed by atoms with Crippen molar-refractivity contribution in [3.63, 3.8) is 0 Å². The lowest BCUT2D eigenvalue weighted by molar-refractivity contribution is 1.17. The molecule has 0 aliphatic heterocycles. The van der Waals surface area contributed by atoms with E-state index in [2.05, 4.69) is 117 Å². The van der Waals surface area contributed by atoms with Gasteiger partial charge >= 0.3 is 0 Å². The number of aromatic nitrogens is 3. The Labute approximate surface area is 241 Å². The first-order chi connectivity index (χ1) is 20.8. The molecule has 0 fully saturated rings. The van der Waals surface area contributed by atoms with Crippen molar-refractivity contribution in [1.29, 1.82) is 10.5 Å². The molecule has 0 bridgehead atoms. The van der Waals surface area contributed by atoms with Gasteiger partial charge in [-0.25, -0.2) is 0 Å². The van der Waals surface area contributed by atoms with Crippen molar-refractivity contribution in [3.8, 4) is 34.8 Å². The standard InChI is InChI=1S/C37H21N5/c38-21-24-18-25(22-39)37(40-23-24)29-14-6-9-17-34(29)42-33-16-8-5-13-28(33)31-19-35-30(20-36(31)42)27-12-4-7-15-32(27)41(35)26-10-2-1-3-11-26/h1-20,23H. The van der Waals surface area contributed by atoms with Crippen molar-refractivity contribution in [2.45, 2.75) is 0 Å². The molecule has 0 radical (unpaired) electrons. The van der Waals surface area contributed by atoms with Gasteiger partial charge in [0.1, 0.15) is 12.1 Å². The highest BCUT2D eigenvalue weighted by molar-refractivity contribution is 6.19. The van der Waals surface area contributed by atoms with Crippen LogP contribution in [0.4, 0.5) is 0 Å². The van der Waals surface area contributed by atoms with Crippen LogP contribution in [0.3, 0.4) is 0 Å². The van der Waals surface area contributed by atoms with Gasteiger partial charge < -0.3 is 9.13 Å². The third-order valence-electron chi connectivity index (χ3n) is 8.02. The Morgan fingerprint density at radius 2 is 1.12 bits per heavy atom. The number of benzene rings is 5. The molecule has 5 heteroatoms. The molecule has 0 aliphatic rings. The first-order valence-electron chi connectivity index (χ1n) is 13.7. The molecule has 0 amide bonds. The zero-order valence-electron chi connectivity index (χ0n) is 22.4. The summed E-state index contributed by atoms with van der Waals surface area (Å²) in [6, 6.07) is 46.0. The largest absolute Gasteiger partial charge is 0.309 e. The highest BCUT2D eigenvalue weighted by Gasteiger charge is 2.20. The minimum atomic E-state index is 0.363. The minimum Gasteiger partial charge on any atom is -0.309 e. The smallest absolute Gasteiger partial charge is 0.101 e. The molecule has 194 valence electrons. The lowest BCUT2D eigenvalue weighted by atomic mass is 10.0. The third kappa shape index (κ3) is 3.38. The summed E-state index contributed by atoms with van der Waals surface area (Å²) < 4.78 is 4.61. The number of fused-ring (bicyclic) bond motifs is 6. The maximum atomic E-state index is 9.97. The molecule has 0 unspecified atom stereocenters. The van der Waals surface area contributed by atoms with Gasteiger partial charge in [0.2, 0.25) is 0 Å². The molecule has 0 atom stereocenters. The predicted octanol–water partition coefficient (Wildman–Crippen LogP) is 8.69. The molecule has 0 saturated carbocycles. The van der Waals surface area contributed by atoms with E-state index >= 15 is 0 Å². The molecular weight excluding hydrogens is 514 g/mol. The molecule has 0 N–H and O–H groups in total. The highest BCUT2D eigenvalue weighted by Crippen LogP contribution is 2.41. The van der Waals surface area contributed by atoms with Crippen LogP contribution in [0, 0.1) is 22.7 Å². The van der Waals surface area contributed by atoms with Gasteiger partial charge in [-0.15, -0.1) is 0 Å². The van der Waals surface area contributed by atoms with Crippen molar-refractivity contribution in [2.24, 2.45) is 0 Å². The molecule has 8 rings (SSSR count). The fraction of sp³-hybridized carbons (Fsp3) is 0. The summed E-state index contributed by atoms with van der Waals surface area (Å²) in [6.45, 7) is 0. The first-order valence-corrected chi connectivity index (χ1v) is 13.7. The molecule has 0 spiro atoms. The molecule has 3 heterocycles. The maximum absolute atomic E-state index is 9.97. The molecule has 0 aliphatic carbocycles. The summed E-state index contributed by atoms with van der Waals surface area (Å²) in [7, 11) is 0. The fourth-order valence-electron chi connectivity index (χ4n) is 6.24. The molecule has 8 aromatic rings. The monoisotopic (exact) mass is 535 g/mol. The third-order valence-corrected chi connectivity index (χ3v) is 8.02. The van der Waals surface area contributed by atoms with E-state index in [4.69, 9.17) is 0 Å². The van der Waals surface area contributed by atoms with Gasteiger partial charge in [0.05, 0.1) is 44.6 Å². The normalized spacial score (nSPS) is 11.3. The predicted molar refractivity (Wildman–Crippen MR) is 168 cm³/mol. The van der Waals surface area contributed by atoms with E-state index in [1.54, 1.807) is 6.07 Å². The highest BCUT2D eigenvalue weighted by atomic mass is 15.0. The average molecular weight is 536 g/mol. The summed E-state index contributed by atoms with van der Waals surface area (Å²) >= 11 is 0. The topological polar surface area (TPSA) is 70.3 Å². The van der Waals surface area contributed by atoms with Gasteiger partial charge in [-0.1, -0.05) is 72.8 Å². The number of nitrogens with zero attached hydrogens (tertiary/aromatic N) is 5. The Bertz CT molecular complexity index is 2430. The maximum Gasteiger partial charge on any atom is 0.101 e. The van der Waals surface area contributed by atoms with E-state index < -0.39 is 0 Å². The van der Waals surface area contributed by atoms with E-state index in [9.17, 15) is 10.5 Å². The molecule has 5 nitrogen and oxygen atoms in total. The van der Waals surface area contributed by atoms with Crippen molar-refractivity contribution in [1.82, 2.24) is 14.1 Å². The number of hydrogen-bond donors (Lipinski definition) is 0. The zero-order chi connectivity index (χ0) is 28.2. The van der Waals surface area contributed by atoms with Crippen LogP contribution in [0.15, 0.2) is 128 Å². The molecule has 0 saturated heterocycles. The first kappa shape index (κ1) is 23.7. The van der Waals surface area contributed by atoms with Crippen LogP contribution in [0.1, 0.15) is 11.1 Å². The van der Waals surface area contributed by atoms with Crippen molar-refractivity contribution in [2.75, 3.05) is 0 Å². The van der Waals surface area contributed by atoms with Gasteiger partial charge in [0, 0.05) is 39.0 Å². The van der Waals surface area contributed by atoms with Gasteiger partial charge in [-0.3, -0.25) is 4.98 Å². The zero-order valence-corrected chi connectivity index (χ0v) is 22.4. The second-order valence-corrected chi connectivity index (χ2v) is 10.3. The van der Waals surface area contributed by atoms with Crippen LogP contribution in [0.25, 0.3) is 66.2 Å². The van der Waals surface area contributed by atoms with Crippen molar-refractivity contribution >= 4 is 43.6 Å². The van der Waals surface area contributed by atoms with Crippen LogP contribution in [0.5, 0.6) is 0 Å². The second-order valence-electron chi connectivity index (χ2n) is 10.3. The van der Waals surface area contributed by atoms with Gasteiger partial charge in [-0.2, -0.15) is 10.5 Å². The Hall–Kier alpha value is -6.17. The number of rotatable bonds is 3. The Balaban J connectivity index is 1.51. The number of para-hydroxylation sites is 4. The summed E-state index contributed by atoms with van der Waals surface area (Å²) in [5.41, 5.74) is 8.59. The molecular formula is C37H21N5. The van der Waals surface area contributed by atoms with E-state index in [0.29, 0.717) is 16.8 Å². The minimum absolute atomic E-state index is 0.363. The van der Waals surface area contributed by atoms with E-state index in [0.717, 1.165) is 55.2 Å². The summed E-state index contributed by atoms with van der Waals surface area (Å²) in [4.78, 5) is 4.59. The van der Waals surface area contributed by atoms with Crippen LogP contribution >= 0.6 is 0 Å². The number of pyridine rings is 1. The van der Waals surface area contributed by atoms with Crippen LogP contribution in [0.2, 0.25) is 0 Å². The number of hydrogen-bond acceptors (Lipinski definition) is 3. The Kier molecular flexibility index (Phi) is 5.19. The van der Waals surface area contributed by atoms with Gasteiger partial charge in [-0.05, 0) is 48.5 Å².